The predicted molar refractivity (Wildman–Crippen MR) is 68.5 cm³/mol. The first-order valence-electron chi connectivity index (χ1n) is 5.10. The highest BCUT2D eigenvalue weighted by atomic mass is 31.1. The fourth-order valence-corrected chi connectivity index (χ4v) is 2.59. The number of hydrogen-bond acceptors (Lipinski definition) is 0. The van der Waals surface area contributed by atoms with Gasteiger partial charge in [0, 0.05) is 0 Å². The van der Waals surface area contributed by atoms with Crippen LogP contribution in [-0.2, 0) is 0 Å². The Labute approximate surface area is 93.1 Å². The fraction of sp³-hybridized carbons (Fsp3) is 0.143. The summed E-state index contributed by atoms with van der Waals surface area (Å²) in [7, 11) is 1.31. The lowest BCUT2D eigenvalue weighted by Crippen LogP contribution is -2.08. The van der Waals surface area contributed by atoms with E-state index in [9.17, 15) is 0 Å². The van der Waals surface area contributed by atoms with Gasteiger partial charge in [0.2, 0.25) is 0 Å². The Morgan fingerprint density at radius 2 is 1.07 bits per heavy atom. The molecule has 0 saturated carbocycles. The van der Waals surface area contributed by atoms with Crippen molar-refractivity contribution < 1.29 is 0 Å². The molecular formula is C14H14P. The average Bonchev–Trinajstić information content (AvgIpc) is 2.24. The van der Waals surface area contributed by atoms with Crippen LogP contribution in [0.2, 0.25) is 0 Å². The maximum Gasteiger partial charge on any atom is -0.00947 e. The quantitative estimate of drug-likeness (QED) is 0.672. The van der Waals surface area contributed by atoms with Crippen molar-refractivity contribution in [3.05, 3.63) is 59.7 Å². The Hall–Kier alpha value is -1.13. The lowest BCUT2D eigenvalue weighted by atomic mass is 10.2. The molecule has 1 heteroatoms. The summed E-state index contributed by atoms with van der Waals surface area (Å²) in [5.41, 5.74) is 2.73. The van der Waals surface area contributed by atoms with Crippen LogP contribution in [0.1, 0.15) is 11.1 Å². The van der Waals surface area contributed by atoms with Crippen molar-refractivity contribution >= 4 is 19.2 Å². The van der Waals surface area contributed by atoms with Gasteiger partial charge >= 0.3 is 0 Å². The van der Waals surface area contributed by atoms with Gasteiger partial charge in [0.25, 0.3) is 0 Å². The highest BCUT2D eigenvalue weighted by molar-refractivity contribution is 7.55. The number of hydrogen-bond donors (Lipinski definition) is 0. The van der Waals surface area contributed by atoms with Crippen LogP contribution in [0.5, 0.6) is 0 Å². The molecule has 0 atom stereocenters. The van der Waals surface area contributed by atoms with Gasteiger partial charge in [-0.25, -0.2) is 0 Å². The molecule has 0 aromatic heterocycles. The van der Waals surface area contributed by atoms with Gasteiger partial charge in [0.05, 0.1) is 0 Å². The molecule has 0 unspecified atom stereocenters. The van der Waals surface area contributed by atoms with Gasteiger partial charge in [-0.3, -0.25) is 0 Å². The Balaban J connectivity index is 2.30. The first-order chi connectivity index (χ1) is 7.27. The van der Waals surface area contributed by atoms with E-state index in [1.54, 1.807) is 0 Å². The average molecular weight is 213 g/mol. The van der Waals surface area contributed by atoms with E-state index in [2.05, 4.69) is 62.4 Å². The number of benzene rings is 2. The van der Waals surface area contributed by atoms with Crippen molar-refractivity contribution in [2.45, 2.75) is 13.8 Å². The summed E-state index contributed by atoms with van der Waals surface area (Å²) in [6.07, 6.45) is 0. The van der Waals surface area contributed by atoms with Crippen LogP contribution in [0.3, 0.4) is 0 Å². The fourth-order valence-electron chi connectivity index (χ4n) is 1.51. The predicted octanol–water partition coefficient (Wildman–Crippen LogP) is 3.20. The van der Waals surface area contributed by atoms with E-state index in [-0.39, 0.29) is 0 Å². The summed E-state index contributed by atoms with van der Waals surface area (Å²) in [5.74, 6) is 0. The first kappa shape index (κ1) is 10.4. The zero-order chi connectivity index (χ0) is 10.7. The van der Waals surface area contributed by atoms with Crippen LogP contribution < -0.4 is 10.6 Å². The minimum absolute atomic E-state index is 1.31. The van der Waals surface area contributed by atoms with E-state index in [0.717, 1.165) is 0 Å². The molecule has 75 valence electrons. The zero-order valence-electron chi connectivity index (χ0n) is 9.07. The van der Waals surface area contributed by atoms with Crippen molar-refractivity contribution in [2.75, 3.05) is 0 Å². The second kappa shape index (κ2) is 4.59. The first-order valence-corrected chi connectivity index (χ1v) is 6.00. The van der Waals surface area contributed by atoms with E-state index >= 15 is 0 Å². The molecule has 0 bridgehead atoms. The SMILES string of the molecule is Cc1ccccc1[P]c1ccccc1C. The van der Waals surface area contributed by atoms with Crippen molar-refractivity contribution in [2.24, 2.45) is 0 Å². The van der Waals surface area contributed by atoms with E-state index in [1.807, 2.05) is 0 Å². The van der Waals surface area contributed by atoms with Gasteiger partial charge in [0.15, 0.2) is 0 Å². The maximum atomic E-state index is 2.20. The molecule has 0 aliphatic carbocycles. The van der Waals surface area contributed by atoms with Gasteiger partial charge in [-0.2, -0.15) is 0 Å². The molecular weight excluding hydrogens is 199 g/mol. The van der Waals surface area contributed by atoms with E-state index < -0.39 is 0 Å². The summed E-state index contributed by atoms with van der Waals surface area (Å²) < 4.78 is 0. The number of rotatable bonds is 2. The largest absolute Gasteiger partial charge is 0.0620 e. The molecule has 0 aliphatic rings. The molecule has 15 heavy (non-hydrogen) atoms. The molecule has 0 aliphatic heterocycles. The molecule has 0 N–H and O–H groups in total. The van der Waals surface area contributed by atoms with Crippen molar-refractivity contribution in [1.82, 2.24) is 0 Å². The van der Waals surface area contributed by atoms with Crippen LogP contribution >= 0.6 is 8.58 Å². The van der Waals surface area contributed by atoms with Gasteiger partial charge in [-0.1, -0.05) is 48.5 Å². The third-order valence-electron chi connectivity index (χ3n) is 2.47. The van der Waals surface area contributed by atoms with Gasteiger partial charge < -0.3 is 0 Å². The Bertz CT molecular complexity index is 417. The molecule has 0 fully saturated rings. The minimum Gasteiger partial charge on any atom is -0.0620 e. The van der Waals surface area contributed by atoms with Gasteiger partial charge in [-0.15, -0.1) is 0 Å². The Morgan fingerprint density at radius 1 is 0.667 bits per heavy atom. The molecule has 0 amide bonds. The van der Waals surface area contributed by atoms with E-state index in [1.165, 1.54) is 30.3 Å². The lowest BCUT2D eigenvalue weighted by molar-refractivity contribution is 1.51. The highest BCUT2D eigenvalue weighted by Crippen LogP contribution is 2.15. The number of aryl methyl sites for hydroxylation is 2. The van der Waals surface area contributed by atoms with Crippen molar-refractivity contribution in [1.29, 1.82) is 0 Å². The lowest BCUT2D eigenvalue weighted by Gasteiger charge is -2.06. The van der Waals surface area contributed by atoms with Gasteiger partial charge in [0.1, 0.15) is 0 Å². The topological polar surface area (TPSA) is 0 Å². The van der Waals surface area contributed by atoms with E-state index in [4.69, 9.17) is 0 Å². The second-order valence-corrected chi connectivity index (χ2v) is 4.87. The van der Waals surface area contributed by atoms with Crippen LogP contribution in [0.25, 0.3) is 0 Å². The minimum atomic E-state index is 1.31. The maximum absolute atomic E-state index is 2.20. The highest BCUT2D eigenvalue weighted by Gasteiger charge is 2.02. The monoisotopic (exact) mass is 213 g/mol. The molecule has 0 saturated heterocycles. The molecule has 0 heterocycles. The normalized spacial score (nSPS) is 10.3. The van der Waals surface area contributed by atoms with Gasteiger partial charge in [-0.05, 0) is 44.2 Å². The summed E-state index contributed by atoms with van der Waals surface area (Å²) in [5, 5.41) is 2.79. The summed E-state index contributed by atoms with van der Waals surface area (Å²) in [6, 6.07) is 17.1. The van der Waals surface area contributed by atoms with Crippen LogP contribution in [0.4, 0.5) is 0 Å². The third-order valence-corrected chi connectivity index (χ3v) is 3.96. The second-order valence-electron chi connectivity index (χ2n) is 3.68. The van der Waals surface area contributed by atoms with Crippen LogP contribution in [0, 0.1) is 13.8 Å². The molecule has 1 radical (unpaired) electrons. The van der Waals surface area contributed by atoms with Crippen LogP contribution in [-0.4, -0.2) is 0 Å². The zero-order valence-corrected chi connectivity index (χ0v) is 9.96. The van der Waals surface area contributed by atoms with E-state index in [0.29, 0.717) is 0 Å². The smallest absolute Gasteiger partial charge is 0.00947 e. The molecule has 2 rings (SSSR count). The molecule has 0 nitrogen and oxygen atoms in total. The Morgan fingerprint density at radius 3 is 1.47 bits per heavy atom. The summed E-state index contributed by atoms with van der Waals surface area (Å²) >= 11 is 0. The summed E-state index contributed by atoms with van der Waals surface area (Å²) in [6.45, 7) is 4.33. The molecule has 0 spiro atoms. The molecule has 2 aromatic rings. The summed E-state index contributed by atoms with van der Waals surface area (Å²) in [4.78, 5) is 0. The standard InChI is InChI=1S/C14H14P/c1-11-7-3-5-9-13(11)15-14-10-6-4-8-12(14)2/h3-10H,1-2H3. The third kappa shape index (κ3) is 2.46. The van der Waals surface area contributed by atoms with Crippen molar-refractivity contribution in [3.63, 3.8) is 0 Å². The Kier molecular flexibility index (Phi) is 3.18. The van der Waals surface area contributed by atoms with Crippen molar-refractivity contribution in [3.8, 4) is 0 Å². The van der Waals surface area contributed by atoms with Crippen LogP contribution in [0.15, 0.2) is 48.5 Å². The molecule has 2 aromatic carbocycles.